The zero-order valence-electron chi connectivity index (χ0n) is 9.88. The van der Waals surface area contributed by atoms with Crippen molar-refractivity contribution in [2.24, 2.45) is 0 Å². The van der Waals surface area contributed by atoms with Gasteiger partial charge in [-0.15, -0.1) is 11.8 Å². The van der Waals surface area contributed by atoms with Crippen LogP contribution in [0.2, 0.25) is 0 Å². The maximum atomic E-state index is 13.8. The van der Waals surface area contributed by atoms with E-state index in [4.69, 9.17) is 5.73 Å². The number of thioether (sulfide) groups is 1. The van der Waals surface area contributed by atoms with Gasteiger partial charge in [0.25, 0.3) is 0 Å². The van der Waals surface area contributed by atoms with Gasteiger partial charge in [0.1, 0.15) is 0 Å². The van der Waals surface area contributed by atoms with Crippen LogP contribution in [0.25, 0.3) is 0 Å². The van der Waals surface area contributed by atoms with Gasteiger partial charge >= 0.3 is 5.69 Å². The summed E-state index contributed by atoms with van der Waals surface area (Å²) in [6.07, 6.45) is 0. The lowest BCUT2D eigenvalue weighted by Crippen LogP contribution is -1.96. The molecule has 2 aromatic carbocycles. The van der Waals surface area contributed by atoms with Crippen molar-refractivity contribution in [2.75, 3.05) is 5.73 Å². The fourth-order valence-corrected chi connectivity index (χ4v) is 2.53. The smallest absolute Gasteiger partial charge is 0.305 e. The molecule has 0 aliphatic rings. The summed E-state index contributed by atoms with van der Waals surface area (Å²) in [7, 11) is 0. The molecule has 0 spiro atoms. The second-order valence-corrected chi connectivity index (χ2v) is 4.85. The van der Waals surface area contributed by atoms with Crippen LogP contribution in [0.1, 0.15) is 5.56 Å². The van der Waals surface area contributed by atoms with E-state index in [1.807, 2.05) is 18.2 Å². The third-order valence-electron chi connectivity index (χ3n) is 2.56. The van der Waals surface area contributed by atoms with Crippen LogP contribution >= 0.6 is 11.8 Å². The highest BCUT2D eigenvalue weighted by atomic mass is 32.2. The van der Waals surface area contributed by atoms with E-state index in [2.05, 4.69) is 0 Å². The van der Waals surface area contributed by atoms with Crippen LogP contribution in [0.15, 0.2) is 47.4 Å². The minimum Gasteiger partial charge on any atom is -0.398 e. The van der Waals surface area contributed by atoms with Gasteiger partial charge < -0.3 is 5.73 Å². The molecule has 0 aliphatic carbocycles. The molecule has 0 unspecified atom stereocenters. The SMILES string of the molecule is Nc1ccccc1SCc1cccc([N+](=O)[O-])c1F. The van der Waals surface area contributed by atoms with Crippen molar-refractivity contribution < 1.29 is 9.31 Å². The first-order chi connectivity index (χ1) is 9.09. The lowest BCUT2D eigenvalue weighted by molar-refractivity contribution is -0.387. The molecule has 0 saturated heterocycles. The standard InChI is InChI=1S/C13H11FN2O2S/c14-13-9(4-3-6-11(13)16(17)18)8-19-12-7-2-1-5-10(12)15/h1-7H,8,15H2. The predicted molar refractivity (Wildman–Crippen MR) is 73.5 cm³/mol. The van der Waals surface area contributed by atoms with Gasteiger partial charge in [0.2, 0.25) is 5.82 Å². The van der Waals surface area contributed by atoms with E-state index in [-0.39, 0.29) is 0 Å². The Hall–Kier alpha value is -2.08. The van der Waals surface area contributed by atoms with Gasteiger partial charge in [0.05, 0.1) is 4.92 Å². The van der Waals surface area contributed by atoms with Gasteiger partial charge in [-0.05, 0) is 12.1 Å². The summed E-state index contributed by atoms with van der Waals surface area (Å²) in [5.41, 5.74) is 6.18. The molecule has 0 bridgehead atoms. The van der Waals surface area contributed by atoms with Gasteiger partial charge in [-0.2, -0.15) is 4.39 Å². The zero-order chi connectivity index (χ0) is 13.8. The summed E-state index contributed by atoms with van der Waals surface area (Å²) < 4.78 is 13.8. The molecule has 0 atom stereocenters. The second kappa shape index (κ2) is 5.71. The Morgan fingerprint density at radius 3 is 2.63 bits per heavy atom. The zero-order valence-corrected chi connectivity index (χ0v) is 10.7. The van der Waals surface area contributed by atoms with Crippen LogP contribution in [0, 0.1) is 15.9 Å². The van der Waals surface area contributed by atoms with Gasteiger partial charge in [-0.1, -0.05) is 24.3 Å². The van der Waals surface area contributed by atoms with Gasteiger partial charge in [-0.25, -0.2) is 0 Å². The van der Waals surface area contributed by atoms with E-state index in [0.29, 0.717) is 17.0 Å². The maximum absolute atomic E-state index is 13.8. The number of hydrogen-bond acceptors (Lipinski definition) is 4. The Bertz CT molecular complexity index is 619. The quantitative estimate of drug-likeness (QED) is 0.401. The van der Waals surface area contributed by atoms with Crippen molar-refractivity contribution in [1.82, 2.24) is 0 Å². The number of hydrogen-bond donors (Lipinski definition) is 1. The molecule has 2 rings (SSSR count). The van der Waals surface area contributed by atoms with Crippen molar-refractivity contribution in [2.45, 2.75) is 10.6 Å². The van der Waals surface area contributed by atoms with Crippen LogP contribution < -0.4 is 5.73 Å². The van der Waals surface area contributed by atoms with E-state index in [0.717, 1.165) is 11.0 Å². The number of nitro groups is 1. The van der Waals surface area contributed by atoms with E-state index < -0.39 is 16.4 Å². The van der Waals surface area contributed by atoms with Gasteiger partial charge in [0, 0.05) is 28.0 Å². The second-order valence-electron chi connectivity index (χ2n) is 3.83. The van der Waals surface area contributed by atoms with Crippen molar-refractivity contribution in [3.8, 4) is 0 Å². The monoisotopic (exact) mass is 278 g/mol. The molecule has 98 valence electrons. The van der Waals surface area contributed by atoms with Crippen LogP contribution in [-0.2, 0) is 5.75 Å². The molecule has 0 heterocycles. The number of nitrogens with two attached hydrogens (primary N) is 1. The summed E-state index contributed by atoms with van der Waals surface area (Å²) in [6, 6.07) is 11.4. The Morgan fingerprint density at radius 1 is 1.21 bits per heavy atom. The van der Waals surface area contributed by atoms with Crippen molar-refractivity contribution in [3.63, 3.8) is 0 Å². The van der Waals surface area contributed by atoms with Crippen molar-refractivity contribution in [3.05, 3.63) is 64.0 Å². The number of para-hydroxylation sites is 1. The van der Waals surface area contributed by atoms with Crippen molar-refractivity contribution >= 4 is 23.1 Å². The Morgan fingerprint density at radius 2 is 1.95 bits per heavy atom. The van der Waals surface area contributed by atoms with Crippen LogP contribution in [0.5, 0.6) is 0 Å². The molecule has 6 heteroatoms. The fraction of sp³-hybridized carbons (Fsp3) is 0.0769. The number of halogens is 1. The van der Waals surface area contributed by atoms with E-state index >= 15 is 0 Å². The molecule has 0 aliphatic heterocycles. The Kier molecular flexibility index (Phi) is 4.01. The van der Waals surface area contributed by atoms with E-state index in [9.17, 15) is 14.5 Å². The normalized spacial score (nSPS) is 10.4. The minimum atomic E-state index is -0.783. The van der Waals surface area contributed by atoms with Crippen LogP contribution in [0.4, 0.5) is 15.8 Å². The third-order valence-corrected chi connectivity index (χ3v) is 3.70. The first-order valence-electron chi connectivity index (χ1n) is 5.48. The Labute approximate surface area is 113 Å². The molecule has 19 heavy (non-hydrogen) atoms. The largest absolute Gasteiger partial charge is 0.398 e. The molecule has 2 N–H and O–H groups in total. The molecule has 0 amide bonds. The maximum Gasteiger partial charge on any atom is 0.305 e. The number of nitrogens with zero attached hydrogens (tertiary/aromatic N) is 1. The average molecular weight is 278 g/mol. The molecular weight excluding hydrogens is 267 g/mol. The van der Waals surface area contributed by atoms with E-state index in [1.54, 1.807) is 6.07 Å². The molecule has 0 radical (unpaired) electrons. The van der Waals surface area contributed by atoms with E-state index in [1.165, 1.54) is 23.9 Å². The number of nitro benzene ring substituents is 1. The van der Waals surface area contributed by atoms with Crippen LogP contribution in [0.3, 0.4) is 0 Å². The summed E-state index contributed by atoms with van der Waals surface area (Å²) >= 11 is 1.35. The summed E-state index contributed by atoms with van der Waals surface area (Å²) in [5, 5.41) is 10.6. The fourth-order valence-electron chi connectivity index (χ4n) is 1.59. The Balaban J connectivity index is 2.19. The predicted octanol–water partition coefficient (Wildman–Crippen LogP) is 3.61. The number of rotatable bonds is 4. The highest BCUT2D eigenvalue weighted by Gasteiger charge is 2.17. The first-order valence-corrected chi connectivity index (χ1v) is 6.47. The first kappa shape index (κ1) is 13.4. The summed E-state index contributed by atoms with van der Waals surface area (Å²) in [5.74, 6) is -0.489. The summed E-state index contributed by atoms with van der Waals surface area (Å²) in [6.45, 7) is 0. The highest BCUT2D eigenvalue weighted by Crippen LogP contribution is 2.30. The lowest BCUT2D eigenvalue weighted by atomic mass is 10.2. The number of anilines is 1. The molecule has 0 fully saturated rings. The highest BCUT2D eigenvalue weighted by molar-refractivity contribution is 7.98. The number of nitrogen functional groups attached to an aromatic ring is 1. The van der Waals surface area contributed by atoms with Crippen LogP contribution in [-0.4, -0.2) is 4.92 Å². The molecule has 0 aromatic heterocycles. The van der Waals surface area contributed by atoms with Gasteiger partial charge in [0.15, 0.2) is 0 Å². The molecule has 0 saturated carbocycles. The van der Waals surface area contributed by atoms with Gasteiger partial charge in [-0.3, -0.25) is 10.1 Å². The average Bonchev–Trinajstić information content (AvgIpc) is 2.39. The minimum absolute atomic E-state index is 0.293. The molecule has 4 nitrogen and oxygen atoms in total. The molecule has 2 aromatic rings. The van der Waals surface area contributed by atoms with Crippen molar-refractivity contribution in [1.29, 1.82) is 0 Å². The summed E-state index contributed by atoms with van der Waals surface area (Å²) in [4.78, 5) is 10.7. The number of benzene rings is 2. The lowest BCUT2D eigenvalue weighted by Gasteiger charge is -2.06. The third kappa shape index (κ3) is 3.03. The molecular formula is C13H11FN2O2S. The topological polar surface area (TPSA) is 69.2 Å².